The van der Waals surface area contributed by atoms with Gasteiger partial charge in [-0.2, -0.15) is 0 Å². The van der Waals surface area contributed by atoms with Crippen molar-refractivity contribution < 1.29 is 18.7 Å². The number of morpholine rings is 1. The zero-order valence-corrected chi connectivity index (χ0v) is 14.0. The maximum Gasteiger partial charge on any atom is 0.317 e. The van der Waals surface area contributed by atoms with Gasteiger partial charge in [0.2, 0.25) is 0 Å². The maximum absolute atomic E-state index is 13.0. The largest absolute Gasteiger partial charge is 0.381 e. The average Bonchev–Trinajstić information content (AvgIpc) is 2.63. The first kappa shape index (κ1) is 17.2. The summed E-state index contributed by atoms with van der Waals surface area (Å²) in [6.45, 7) is 1.56. The van der Waals surface area contributed by atoms with Crippen LogP contribution in [0.15, 0.2) is 24.3 Å². The van der Waals surface area contributed by atoms with Crippen molar-refractivity contribution in [1.29, 1.82) is 0 Å². The Hall–Kier alpha value is -1.66. The first-order valence-electron chi connectivity index (χ1n) is 8.61. The van der Waals surface area contributed by atoms with Gasteiger partial charge < -0.3 is 19.7 Å². The standard InChI is InChI=1S/C18H25FN2O3/c1-23-16-8-6-15(7-9-16)20-18(22)21-10-11-24-17(12-21)13-2-4-14(19)5-3-13/h2-5,15-17H,6-12H2,1H3,(H,20,22). The lowest BCUT2D eigenvalue weighted by atomic mass is 9.93. The molecule has 1 saturated heterocycles. The molecular weight excluding hydrogens is 311 g/mol. The third-order valence-electron chi connectivity index (χ3n) is 4.93. The van der Waals surface area contributed by atoms with E-state index in [1.807, 2.05) is 0 Å². The van der Waals surface area contributed by atoms with Crippen LogP contribution in [0.2, 0.25) is 0 Å². The molecule has 1 aliphatic heterocycles. The second-order valence-corrected chi connectivity index (χ2v) is 6.52. The van der Waals surface area contributed by atoms with Gasteiger partial charge in [0.05, 0.1) is 19.3 Å². The van der Waals surface area contributed by atoms with E-state index < -0.39 is 0 Å². The van der Waals surface area contributed by atoms with Crippen molar-refractivity contribution >= 4 is 6.03 Å². The number of urea groups is 1. The summed E-state index contributed by atoms with van der Waals surface area (Å²) in [7, 11) is 1.74. The lowest BCUT2D eigenvalue weighted by molar-refractivity contribution is -0.0163. The molecule has 3 rings (SSSR count). The Morgan fingerprint density at radius 3 is 2.62 bits per heavy atom. The van der Waals surface area contributed by atoms with Crippen LogP contribution in [0, 0.1) is 5.82 Å². The summed E-state index contributed by atoms with van der Waals surface area (Å²) in [5.74, 6) is -0.268. The van der Waals surface area contributed by atoms with E-state index >= 15 is 0 Å². The van der Waals surface area contributed by atoms with Crippen molar-refractivity contribution in [2.24, 2.45) is 0 Å². The highest BCUT2D eigenvalue weighted by Gasteiger charge is 2.28. The number of halogens is 1. The van der Waals surface area contributed by atoms with Crippen LogP contribution >= 0.6 is 0 Å². The number of hydrogen-bond acceptors (Lipinski definition) is 3. The number of benzene rings is 1. The Balaban J connectivity index is 1.52. The average molecular weight is 336 g/mol. The molecule has 1 aromatic rings. The number of carbonyl (C=O) groups excluding carboxylic acids is 1. The molecule has 2 amide bonds. The summed E-state index contributed by atoms with van der Waals surface area (Å²) in [5.41, 5.74) is 0.898. The maximum atomic E-state index is 13.0. The minimum atomic E-state index is -0.268. The summed E-state index contributed by atoms with van der Waals surface area (Å²) in [5, 5.41) is 3.13. The van der Waals surface area contributed by atoms with Crippen molar-refractivity contribution in [3.63, 3.8) is 0 Å². The van der Waals surface area contributed by atoms with Crippen LogP contribution in [0.5, 0.6) is 0 Å². The molecule has 1 aliphatic carbocycles. The van der Waals surface area contributed by atoms with Gasteiger partial charge in [-0.1, -0.05) is 12.1 Å². The van der Waals surface area contributed by atoms with Gasteiger partial charge in [-0.05, 0) is 43.4 Å². The fourth-order valence-corrected chi connectivity index (χ4v) is 3.42. The van der Waals surface area contributed by atoms with Gasteiger partial charge in [0.1, 0.15) is 11.9 Å². The van der Waals surface area contributed by atoms with Gasteiger partial charge in [-0.3, -0.25) is 0 Å². The Labute approximate surface area is 142 Å². The lowest BCUT2D eigenvalue weighted by Gasteiger charge is -2.35. The fraction of sp³-hybridized carbons (Fsp3) is 0.611. The molecule has 2 fully saturated rings. The molecule has 132 valence electrons. The SMILES string of the molecule is COC1CCC(NC(=O)N2CCOC(c3ccc(F)cc3)C2)CC1. The number of ether oxygens (including phenoxy) is 2. The number of carbonyl (C=O) groups is 1. The third-order valence-corrected chi connectivity index (χ3v) is 4.93. The van der Waals surface area contributed by atoms with E-state index in [1.165, 1.54) is 12.1 Å². The molecule has 1 N–H and O–H groups in total. The van der Waals surface area contributed by atoms with Crippen molar-refractivity contribution in [3.8, 4) is 0 Å². The second-order valence-electron chi connectivity index (χ2n) is 6.52. The monoisotopic (exact) mass is 336 g/mol. The van der Waals surface area contributed by atoms with Crippen LogP contribution in [-0.4, -0.2) is 49.9 Å². The van der Waals surface area contributed by atoms with E-state index in [2.05, 4.69) is 5.32 Å². The Bertz CT molecular complexity index is 544. The molecule has 6 heteroatoms. The van der Waals surface area contributed by atoms with Crippen LogP contribution in [-0.2, 0) is 9.47 Å². The van der Waals surface area contributed by atoms with Crippen LogP contribution in [0.1, 0.15) is 37.4 Å². The molecule has 0 radical (unpaired) electrons. The van der Waals surface area contributed by atoms with Crippen LogP contribution < -0.4 is 5.32 Å². The van der Waals surface area contributed by atoms with E-state index in [4.69, 9.17) is 9.47 Å². The number of methoxy groups -OCH3 is 1. The second kappa shape index (κ2) is 7.94. The van der Waals surface area contributed by atoms with Gasteiger partial charge >= 0.3 is 6.03 Å². The Morgan fingerprint density at radius 2 is 1.96 bits per heavy atom. The van der Waals surface area contributed by atoms with Crippen molar-refractivity contribution in [2.75, 3.05) is 26.8 Å². The summed E-state index contributed by atoms with van der Waals surface area (Å²) in [6, 6.07) is 6.46. The highest BCUT2D eigenvalue weighted by molar-refractivity contribution is 5.74. The fourth-order valence-electron chi connectivity index (χ4n) is 3.42. The van der Waals surface area contributed by atoms with Gasteiger partial charge in [-0.15, -0.1) is 0 Å². The van der Waals surface area contributed by atoms with Crippen LogP contribution in [0.4, 0.5) is 9.18 Å². The molecule has 1 aromatic carbocycles. The quantitative estimate of drug-likeness (QED) is 0.923. The number of nitrogens with one attached hydrogen (secondary N) is 1. The normalized spacial score (nSPS) is 27.8. The molecule has 0 aromatic heterocycles. The number of hydrogen-bond donors (Lipinski definition) is 1. The van der Waals surface area contributed by atoms with E-state index in [1.54, 1.807) is 24.1 Å². The van der Waals surface area contributed by atoms with E-state index in [9.17, 15) is 9.18 Å². The predicted molar refractivity (Wildman–Crippen MR) is 88.3 cm³/mol. The molecule has 0 spiro atoms. The summed E-state index contributed by atoms with van der Waals surface area (Å²) < 4.78 is 24.2. The van der Waals surface area contributed by atoms with Gasteiger partial charge in [0, 0.05) is 19.7 Å². The molecule has 2 aliphatic rings. The van der Waals surface area contributed by atoms with Gasteiger partial charge in [0.25, 0.3) is 0 Å². The van der Waals surface area contributed by atoms with Gasteiger partial charge in [-0.25, -0.2) is 9.18 Å². The molecule has 1 saturated carbocycles. The van der Waals surface area contributed by atoms with E-state index in [0.717, 1.165) is 31.2 Å². The van der Waals surface area contributed by atoms with Crippen molar-refractivity contribution in [3.05, 3.63) is 35.6 Å². The van der Waals surface area contributed by atoms with Crippen LogP contribution in [0.3, 0.4) is 0 Å². The Morgan fingerprint density at radius 1 is 1.25 bits per heavy atom. The zero-order chi connectivity index (χ0) is 16.9. The van der Waals surface area contributed by atoms with E-state index in [0.29, 0.717) is 25.8 Å². The molecule has 24 heavy (non-hydrogen) atoms. The molecule has 1 heterocycles. The van der Waals surface area contributed by atoms with Crippen molar-refractivity contribution in [2.45, 2.75) is 43.9 Å². The number of amides is 2. The molecule has 1 atom stereocenters. The smallest absolute Gasteiger partial charge is 0.317 e. The van der Waals surface area contributed by atoms with E-state index in [-0.39, 0.29) is 24.0 Å². The highest BCUT2D eigenvalue weighted by Crippen LogP contribution is 2.24. The first-order chi connectivity index (χ1) is 11.7. The van der Waals surface area contributed by atoms with Crippen molar-refractivity contribution in [1.82, 2.24) is 10.2 Å². The molecule has 1 unspecified atom stereocenters. The molecule has 5 nitrogen and oxygen atoms in total. The summed E-state index contributed by atoms with van der Waals surface area (Å²) in [4.78, 5) is 14.3. The van der Waals surface area contributed by atoms with Gasteiger partial charge in [0.15, 0.2) is 0 Å². The minimum Gasteiger partial charge on any atom is -0.381 e. The topological polar surface area (TPSA) is 50.8 Å². The predicted octanol–water partition coefficient (Wildman–Crippen LogP) is 2.87. The summed E-state index contributed by atoms with van der Waals surface area (Å²) >= 11 is 0. The minimum absolute atomic E-state index is 0.0359. The number of rotatable bonds is 3. The lowest BCUT2D eigenvalue weighted by Crippen LogP contribution is -2.50. The Kier molecular flexibility index (Phi) is 5.68. The summed E-state index contributed by atoms with van der Waals surface area (Å²) in [6.07, 6.45) is 4.01. The number of nitrogens with zero attached hydrogens (tertiary/aromatic N) is 1. The van der Waals surface area contributed by atoms with Crippen LogP contribution in [0.25, 0.3) is 0 Å². The highest BCUT2D eigenvalue weighted by atomic mass is 19.1. The first-order valence-corrected chi connectivity index (χ1v) is 8.61. The zero-order valence-electron chi connectivity index (χ0n) is 14.0. The molecular formula is C18H25FN2O3. The third kappa shape index (κ3) is 4.24. The molecule has 0 bridgehead atoms.